The first-order valence-electron chi connectivity index (χ1n) is 12.5. The van der Waals surface area contributed by atoms with Crippen LogP contribution >= 0.6 is 0 Å². The quantitative estimate of drug-likeness (QED) is 0.531. The predicted molar refractivity (Wildman–Crippen MR) is 135 cm³/mol. The van der Waals surface area contributed by atoms with Gasteiger partial charge in [0.05, 0.1) is 17.6 Å². The van der Waals surface area contributed by atoms with Gasteiger partial charge in [-0.3, -0.25) is 4.79 Å². The van der Waals surface area contributed by atoms with E-state index in [-0.39, 0.29) is 24.1 Å². The summed E-state index contributed by atoms with van der Waals surface area (Å²) < 4.78 is 7.29. The number of hydrogen-bond acceptors (Lipinski definition) is 6. The molecule has 9 heteroatoms. The molecule has 2 fully saturated rings. The number of ether oxygens (including phenoxy) is 1. The molecule has 2 aliphatic rings. The number of rotatable bonds is 5. The number of benzene rings is 1. The van der Waals surface area contributed by atoms with E-state index < -0.39 is 5.60 Å². The van der Waals surface area contributed by atoms with Crippen LogP contribution in [0, 0.1) is 0 Å². The number of carbonyl (C=O) groups excluding carboxylic acids is 2. The Hall–Kier alpha value is -3.75. The van der Waals surface area contributed by atoms with Crippen molar-refractivity contribution < 1.29 is 14.3 Å². The average molecular weight is 489 g/mol. The largest absolute Gasteiger partial charge is 0.444 e. The van der Waals surface area contributed by atoms with Crippen LogP contribution in [0.15, 0.2) is 55.2 Å². The molecule has 3 aromatic rings. The second-order valence-electron chi connectivity index (χ2n) is 10.5. The van der Waals surface area contributed by atoms with Gasteiger partial charge < -0.3 is 14.5 Å². The Balaban J connectivity index is 1.25. The number of likely N-dealkylation sites (tertiary alicyclic amines) is 1. The molecule has 1 aliphatic carbocycles. The third-order valence-corrected chi connectivity index (χ3v) is 6.52. The minimum Gasteiger partial charge on any atom is -0.444 e. The molecule has 9 nitrogen and oxygen atoms in total. The molecule has 1 saturated carbocycles. The minimum atomic E-state index is -0.510. The van der Waals surface area contributed by atoms with Gasteiger partial charge in [0.1, 0.15) is 11.9 Å². The van der Waals surface area contributed by atoms with Crippen LogP contribution in [0.4, 0.5) is 4.79 Å². The Kier molecular flexibility index (Phi) is 6.47. The number of carbonyl (C=O) groups is 2. The first kappa shape index (κ1) is 24.0. The highest BCUT2D eigenvalue weighted by atomic mass is 16.6. The summed E-state index contributed by atoms with van der Waals surface area (Å²) in [5, 5.41) is 4.45. The fourth-order valence-corrected chi connectivity index (χ4v) is 4.60. The highest BCUT2D eigenvalue weighted by Gasteiger charge is 2.39. The van der Waals surface area contributed by atoms with E-state index in [0.717, 1.165) is 42.6 Å². The molecular formula is C27H32N6O3. The zero-order valence-corrected chi connectivity index (χ0v) is 21.0. The van der Waals surface area contributed by atoms with Crippen LogP contribution in [-0.4, -0.2) is 72.3 Å². The first-order chi connectivity index (χ1) is 17.3. The molecule has 0 bridgehead atoms. The average Bonchev–Trinajstić information content (AvgIpc) is 3.58. The highest BCUT2D eigenvalue weighted by Crippen LogP contribution is 2.33. The van der Waals surface area contributed by atoms with Crippen LogP contribution in [0.1, 0.15) is 56.8 Å². The second-order valence-corrected chi connectivity index (χ2v) is 10.5. The zero-order valence-electron chi connectivity index (χ0n) is 21.0. The molecule has 3 heterocycles. The van der Waals surface area contributed by atoms with Gasteiger partial charge in [-0.1, -0.05) is 0 Å². The SMILES string of the molecule is CC(C)(C)OC(=O)N1CCC(N(C(=O)c2ccc(-n3cc(-c4ccncn4)cn3)cc2)C2CC2)CC1. The summed E-state index contributed by atoms with van der Waals surface area (Å²) in [5.41, 5.74) is 2.74. The lowest BCUT2D eigenvalue weighted by atomic mass is 10.0. The van der Waals surface area contributed by atoms with E-state index in [9.17, 15) is 9.59 Å². The van der Waals surface area contributed by atoms with Crippen LogP contribution in [-0.2, 0) is 4.74 Å². The molecule has 36 heavy (non-hydrogen) atoms. The van der Waals surface area contributed by atoms with Crippen molar-refractivity contribution in [3.05, 3.63) is 60.8 Å². The Morgan fingerprint density at radius 2 is 1.69 bits per heavy atom. The van der Waals surface area contributed by atoms with Crippen molar-refractivity contribution in [3.63, 3.8) is 0 Å². The molecule has 1 aliphatic heterocycles. The number of piperidine rings is 1. The Morgan fingerprint density at radius 1 is 1.00 bits per heavy atom. The maximum atomic E-state index is 13.5. The first-order valence-corrected chi connectivity index (χ1v) is 12.5. The number of aromatic nitrogens is 4. The Labute approximate surface area is 211 Å². The summed E-state index contributed by atoms with van der Waals surface area (Å²) in [6, 6.07) is 9.83. The Bertz CT molecular complexity index is 1210. The molecule has 0 spiro atoms. The van der Waals surface area contributed by atoms with Gasteiger partial charge in [-0.05, 0) is 76.8 Å². The summed E-state index contributed by atoms with van der Waals surface area (Å²) in [6.45, 7) is 6.83. The lowest BCUT2D eigenvalue weighted by Crippen LogP contribution is -2.50. The molecule has 5 rings (SSSR count). The molecular weight excluding hydrogens is 456 g/mol. The fourth-order valence-electron chi connectivity index (χ4n) is 4.60. The van der Waals surface area contributed by atoms with E-state index >= 15 is 0 Å². The van der Waals surface area contributed by atoms with Crippen LogP contribution in [0.25, 0.3) is 16.9 Å². The molecule has 188 valence electrons. The summed E-state index contributed by atoms with van der Waals surface area (Å²) in [6.07, 6.45) is 10.2. The summed E-state index contributed by atoms with van der Waals surface area (Å²) in [4.78, 5) is 38.0. The molecule has 2 aromatic heterocycles. The molecule has 0 N–H and O–H groups in total. The molecule has 0 radical (unpaired) electrons. The predicted octanol–water partition coefficient (Wildman–Crippen LogP) is 4.33. The summed E-state index contributed by atoms with van der Waals surface area (Å²) >= 11 is 0. The van der Waals surface area contributed by atoms with E-state index in [4.69, 9.17) is 4.74 Å². The van der Waals surface area contributed by atoms with Gasteiger partial charge in [0.2, 0.25) is 0 Å². The van der Waals surface area contributed by atoms with Crippen molar-refractivity contribution >= 4 is 12.0 Å². The van der Waals surface area contributed by atoms with E-state index in [1.54, 1.807) is 22.0 Å². The van der Waals surface area contributed by atoms with Gasteiger partial charge in [-0.15, -0.1) is 0 Å². The topological polar surface area (TPSA) is 93.5 Å². The molecule has 1 saturated heterocycles. The van der Waals surface area contributed by atoms with Crippen molar-refractivity contribution in [1.82, 2.24) is 29.5 Å². The lowest BCUT2D eigenvalue weighted by molar-refractivity contribution is 0.0142. The third kappa shape index (κ3) is 5.40. The highest BCUT2D eigenvalue weighted by molar-refractivity contribution is 5.95. The van der Waals surface area contributed by atoms with Crippen molar-refractivity contribution in [3.8, 4) is 16.9 Å². The maximum Gasteiger partial charge on any atom is 0.410 e. The molecule has 0 atom stereocenters. The monoisotopic (exact) mass is 488 g/mol. The van der Waals surface area contributed by atoms with Crippen LogP contribution in [0.5, 0.6) is 0 Å². The van der Waals surface area contributed by atoms with Gasteiger partial charge in [-0.2, -0.15) is 5.10 Å². The third-order valence-electron chi connectivity index (χ3n) is 6.52. The van der Waals surface area contributed by atoms with Gasteiger partial charge in [0.15, 0.2) is 0 Å². The number of hydrogen-bond donors (Lipinski definition) is 0. The van der Waals surface area contributed by atoms with Crippen molar-refractivity contribution in [2.24, 2.45) is 0 Å². The standard InChI is InChI=1S/C27H32N6O3/c1-27(2,3)36-26(35)31-14-11-23(12-15-31)33(22-8-9-22)25(34)19-4-6-21(7-5-19)32-17-20(16-30-32)24-10-13-28-18-29-24/h4-7,10,13,16-18,22-23H,8-9,11-12,14-15H2,1-3H3. The van der Waals surface area contributed by atoms with Crippen molar-refractivity contribution in [1.29, 1.82) is 0 Å². The minimum absolute atomic E-state index is 0.0573. The normalized spacial score (nSPS) is 16.6. The smallest absolute Gasteiger partial charge is 0.410 e. The summed E-state index contributed by atoms with van der Waals surface area (Å²) in [5.74, 6) is 0.0573. The maximum absolute atomic E-state index is 13.5. The van der Waals surface area contributed by atoms with E-state index in [0.29, 0.717) is 18.7 Å². The van der Waals surface area contributed by atoms with Crippen LogP contribution < -0.4 is 0 Å². The second kappa shape index (κ2) is 9.72. The fraction of sp³-hybridized carbons (Fsp3) is 0.444. The van der Waals surface area contributed by atoms with E-state index in [1.165, 1.54) is 6.33 Å². The lowest BCUT2D eigenvalue weighted by Gasteiger charge is -2.39. The van der Waals surface area contributed by atoms with Crippen LogP contribution in [0.2, 0.25) is 0 Å². The number of nitrogens with zero attached hydrogens (tertiary/aromatic N) is 6. The Morgan fingerprint density at radius 3 is 2.31 bits per heavy atom. The van der Waals surface area contributed by atoms with Crippen molar-refractivity contribution in [2.75, 3.05) is 13.1 Å². The van der Waals surface area contributed by atoms with Crippen molar-refractivity contribution in [2.45, 2.75) is 64.1 Å². The molecule has 0 unspecified atom stereocenters. The zero-order chi connectivity index (χ0) is 25.3. The van der Waals surface area contributed by atoms with Gasteiger partial charge in [0, 0.05) is 48.7 Å². The summed E-state index contributed by atoms with van der Waals surface area (Å²) in [7, 11) is 0. The molecule has 1 aromatic carbocycles. The van der Waals surface area contributed by atoms with E-state index in [2.05, 4.69) is 20.0 Å². The van der Waals surface area contributed by atoms with Gasteiger partial charge in [0.25, 0.3) is 5.91 Å². The molecule has 2 amide bonds. The van der Waals surface area contributed by atoms with E-state index in [1.807, 2.05) is 57.3 Å². The van der Waals surface area contributed by atoms with Gasteiger partial charge in [-0.25, -0.2) is 19.4 Å². The van der Waals surface area contributed by atoms with Gasteiger partial charge >= 0.3 is 6.09 Å². The van der Waals surface area contributed by atoms with Crippen LogP contribution in [0.3, 0.4) is 0 Å². The number of amides is 2.